The first-order chi connectivity index (χ1) is 7.13. The Balaban J connectivity index is 2.54. The van der Waals surface area contributed by atoms with E-state index in [0.717, 1.165) is 17.5 Å². The molecule has 0 N–H and O–H groups in total. The van der Waals surface area contributed by atoms with Gasteiger partial charge in [0.25, 0.3) is 0 Å². The van der Waals surface area contributed by atoms with Gasteiger partial charge < -0.3 is 0 Å². The monoisotopic (exact) mass is 222 g/mol. The molecule has 0 aromatic heterocycles. The minimum Gasteiger partial charge on any atom is -0.293 e. The summed E-state index contributed by atoms with van der Waals surface area (Å²) in [5.74, 6) is 0.836. The van der Waals surface area contributed by atoms with Crippen molar-refractivity contribution in [2.75, 3.05) is 5.75 Å². The van der Waals surface area contributed by atoms with Gasteiger partial charge in [-0.2, -0.15) is 11.8 Å². The molecule has 1 nitrogen and oxygen atoms in total. The zero-order valence-corrected chi connectivity index (χ0v) is 10.4. The molecule has 0 saturated heterocycles. The maximum Gasteiger partial charge on any atom is 0.172 e. The highest BCUT2D eigenvalue weighted by Gasteiger charge is 2.08. The molecule has 0 heterocycles. The third kappa shape index (κ3) is 4.08. The SMILES string of the molecule is CCC(C)SCC(=O)c1cccc(C)c1. The van der Waals surface area contributed by atoms with Gasteiger partial charge >= 0.3 is 0 Å². The summed E-state index contributed by atoms with van der Waals surface area (Å²) in [7, 11) is 0. The second kappa shape index (κ2) is 5.96. The van der Waals surface area contributed by atoms with E-state index in [1.807, 2.05) is 31.2 Å². The average Bonchev–Trinajstić information content (AvgIpc) is 2.25. The van der Waals surface area contributed by atoms with Crippen molar-refractivity contribution < 1.29 is 4.79 Å². The van der Waals surface area contributed by atoms with E-state index in [1.54, 1.807) is 11.8 Å². The van der Waals surface area contributed by atoms with Crippen molar-refractivity contribution in [2.45, 2.75) is 32.4 Å². The Bertz CT molecular complexity index is 333. The number of ketones is 1. The lowest BCUT2D eigenvalue weighted by atomic mass is 10.1. The van der Waals surface area contributed by atoms with Crippen LogP contribution >= 0.6 is 11.8 Å². The first kappa shape index (κ1) is 12.3. The number of carbonyl (C=O) groups is 1. The van der Waals surface area contributed by atoms with Gasteiger partial charge in [0.2, 0.25) is 0 Å². The highest BCUT2D eigenvalue weighted by molar-refractivity contribution is 8.00. The molecule has 2 heteroatoms. The lowest BCUT2D eigenvalue weighted by Gasteiger charge is -2.07. The van der Waals surface area contributed by atoms with Crippen LogP contribution in [0.1, 0.15) is 36.2 Å². The summed E-state index contributed by atoms with van der Waals surface area (Å²) >= 11 is 1.74. The summed E-state index contributed by atoms with van der Waals surface area (Å²) in [5, 5.41) is 0.568. The summed E-state index contributed by atoms with van der Waals surface area (Å²) in [6.07, 6.45) is 1.12. The van der Waals surface area contributed by atoms with E-state index in [2.05, 4.69) is 13.8 Å². The number of rotatable bonds is 5. The number of carbonyl (C=O) groups excluding carboxylic acids is 1. The molecule has 0 fully saturated rings. The zero-order chi connectivity index (χ0) is 11.3. The molecule has 0 spiro atoms. The van der Waals surface area contributed by atoms with Gasteiger partial charge in [-0.1, -0.05) is 37.6 Å². The molecule has 1 rings (SSSR count). The largest absolute Gasteiger partial charge is 0.293 e. The minimum absolute atomic E-state index is 0.240. The Labute approximate surface area is 96.3 Å². The predicted octanol–water partition coefficient (Wildman–Crippen LogP) is 3.71. The molecular formula is C13H18OS. The van der Waals surface area contributed by atoms with Crippen molar-refractivity contribution in [3.05, 3.63) is 35.4 Å². The van der Waals surface area contributed by atoms with Crippen molar-refractivity contribution in [2.24, 2.45) is 0 Å². The molecular weight excluding hydrogens is 204 g/mol. The lowest BCUT2D eigenvalue weighted by Crippen LogP contribution is -2.06. The van der Waals surface area contributed by atoms with E-state index in [9.17, 15) is 4.79 Å². The van der Waals surface area contributed by atoms with Crippen LogP contribution in [0.25, 0.3) is 0 Å². The average molecular weight is 222 g/mol. The van der Waals surface area contributed by atoms with Crippen LogP contribution < -0.4 is 0 Å². The maximum atomic E-state index is 11.8. The van der Waals surface area contributed by atoms with Gasteiger partial charge in [0.15, 0.2) is 5.78 Å². The normalized spacial score (nSPS) is 12.5. The minimum atomic E-state index is 0.240. The molecule has 1 atom stereocenters. The fourth-order valence-corrected chi connectivity index (χ4v) is 2.08. The number of thioether (sulfide) groups is 1. The number of aryl methyl sites for hydroxylation is 1. The topological polar surface area (TPSA) is 17.1 Å². The quantitative estimate of drug-likeness (QED) is 0.706. The van der Waals surface area contributed by atoms with E-state index >= 15 is 0 Å². The van der Waals surface area contributed by atoms with Gasteiger partial charge in [-0.05, 0) is 19.4 Å². The van der Waals surface area contributed by atoms with Crippen LogP contribution in [0.3, 0.4) is 0 Å². The van der Waals surface area contributed by atoms with E-state index < -0.39 is 0 Å². The van der Waals surface area contributed by atoms with Crippen LogP contribution in [0.2, 0.25) is 0 Å². The Morgan fingerprint density at radius 1 is 1.47 bits per heavy atom. The third-order valence-corrected chi connectivity index (χ3v) is 3.75. The van der Waals surface area contributed by atoms with Gasteiger partial charge in [-0.15, -0.1) is 0 Å². The maximum absolute atomic E-state index is 11.8. The molecule has 0 saturated carbocycles. The van der Waals surface area contributed by atoms with Gasteiger partial charge in [-0.3, -0.25) is 4.79 Å². The second-order valence-corrected chi connectivity index (χ2v) is 5.25. The first-order valence-electron chi connectivity index (χ1n) is 5.35. The van der Waals surface area contributed by atoms with Crippen LogP contribution in [-0.4, -0.2) is 16.8 Å². The van der Waals surface area contributed by atoms with Crippen molar-refractivity contribution in [3.63, 3.8) is 0 Å². The number of hydrogen-bond donors (Lipinski definition) is 0. The van der Waals surface area contributed by atoms with Crippen LogP contribution in [0.4, 0.5) is 0 Å². The Morgan fingerprint density at radius 3 is 2.80 bits per heavy atom. The molecule has 1 aromatic carbocycles. The molecule has 0 radical (unpaired) electrons. The molecule has 0 aliphatic carbocycles. The molecule has 0 aliphatic heterocycles. The van der Waals surface area contributed by atoms with Gasteiger partial charge in [-0.25, -0.2) is 0 Å². The predicted molar refractivity (Wildman–Crippen MR) is 67.7 cm³/mol. The van der Waals surface area contributed by atoms with Gasteiger partial charge in [0.1, 0.15) is 0 Å². The molecule has 0 amide bonds. The summed E-state index contributed by atoms with van der Waals surface area (Å²) in [6, 6.07) is 7.81. The van der Waals surface area contributed by atoms with Crippen molar-refractivity contribution in [3.8, 4) is 0 Å². The standard InChI is InChI=1S/C13H18OS/c1-4-11(3)15-9-13(14)12-7-5-6-10(2)8-12/h5-8,11H,4,9H2,1-3H3. The smallest absolute Gasteiger partial charge is 0.172 e. The highest BCUT2D eigenvalue weighted by atomic mass is 32.2. The fraction of sp³-hybridized carbons (Fsp3) is 0.462. The van der Waals surface area contributed by atoms with Crippen LogP contribution in [0.5, 0.6) is 0 Å². The lowest BCUT2D eigenvalue weighted by molar-refractivity contribution is 0.102. The summed E-state index contributed by atoms with van der Waals surface area (Å²) < 4.78 is 0. The highest BCUT2D eigenvalue weighted by Crippen LogP contribution is 2.16. The Hall–Kier alpha value is -0.760. The van der Waals surface area contributed by atoms with E-state index in [0.29, 0.717) is 11.0 Å². The van der Waals surface area contributed by atoms with E-state index in [4.69, 9.17) is 0 Å². The van der Waals surface area contributed by atoms with Crippen LogP contribution in [0.15, 0.2) is 24.3 Å². The molecule has 0 aliphatic rings. The number of benzene rings is 1. The summed E-state index contributed by atoms with van der Waals surface area (Å²) in [4.78, 5) is 11.8. The number of Topliss-reactive ketones (excluding diaryl/α,β-unsaturated/α-hetero) is 1. The Morgan fingerprint density at radius 2 is 2.20 bits per heavy atom. The van der Waals surface area contributed by atoms with Crippen molar-refractivity contribution in [1.82, 2.24) is 0 Å². The summed E-state index contributed by atoms with van der Waals surface area (Å²) in [5.41, 5.74) is 1.99. The van der Waals surface area contributed by atoms with Crippen LogP contribution in [0, 0.1) is 6.92 Å². The number of hydrogen-bond acceptors (Lipinski definition) is 2. The van der Waals surface area contributed by atoms with E-state index in [1.165, 1.54) is 0 Å². The van der Waals surface area contributed by atoms with Gasteiger partial charge in [0.05, 0.1) is 5.75 Å². The molecule has 1 aromatic rings. The van der Waals surface area contributed by atoms with E-state index in [-0.39, 0.29) is 5.78 Å². The first-order valence-corrected chi connectivity index (χ1v) is 6.39. The zero-order valence-electron chi connectivity index (χ0n) is 9.62. The molecule has 15 heavy (non-hydrogen) atoms. The molecule has 0 bridgehead atoms. The second-order valence-electron chi connectivity index (χ2n) is 3.82. The Kier molecular flexibility index (Phi) is 4.89. The van der Waals surface area contributed by atoms with Crippen molar-refractivity contribution in [1.29, 1.82) is 0 Å². The molecule has 1 unspecified atom stereocenters. The van der Waals surface area contributed by atoms with Crippen LogP contribution in [-0.2, 0) is 0 Å². The fourth-order valence-electron chi connectivity index (χ4n) is 1.24. The summed E-state index contributed by atoms with van der Waals surface area (Å²) in [6.45, 7) is 6.32. The van der Waals surface area contributed by atoms with Crippen molar-refractivity contribution >= 4 is 17.5 Å². The van der Waals surface area contributed by atoms with Gasteiger partial charge in [0, 0.05) is 10.8 Å². The third-order valence-electron chi connectivity index (χ3n) is 2.41. The molecule has 82 valence electrons.